The molecule has 0 radical (unpaired) electrons. The van der Waals surface area contributed by atoms with Gasteiger partial charge in [-0.2, -0.15) is 8.78 Å². The van der Waals surface area contributed by atoms with Gasteiger partial charge in [0.25, 0.3) is 0 Å². The molecule has 0 amide bonds. The quantitative estimate of drug-likeness (QED) is 0.639. The van der Waals surface area contributed by atoms with Crippen molar-refractivity contribution in [1.82, 2.24) is 4.98 Å². The fourth-order valence-corrected chi connectivity index (χ4v) is 2.22. The summed E-state index contributed by atoms with van der Waals surface area (Å²) < 4.78 is 26.3. The minimum atomic E-state index is -3.25. The van der Waals surface area contributed by atoms with E-state index in [0.29, 0.717) is 23.1 Å². The summed E-state index contributed by atoms with van der Waals surface area (Å²) in [5.74, 6) is -4.25. The van der Waals surface area contributed by atoms with E-state index < -0.39 is 11.7 Å². The summed E-state index contributed by atoms with van der Waals surface area (Å²) in [6, 6.07) is 5.11. The van der Waals surface area contributed by atoms with Gasteiger partial charge in [-0.05, 0) is 18.2 Å². The molecule has 2 rings (SSSR count). The number of rotatable bonds is 2. The van der Waals surface area contributed by atoms with E-state index in [9.17, 15) is 13.9 Å². The monoisotopic (exact) mass is 256 g/mol. The summed E-state index contributed by atoms with van der Waals surface area (Å²) >= 11 is 1.20. The lowest BCUT2D eigenvalue weighted by Gasteiger charge is -2.07. The van der Waals surface area contributed by atoms with Crippen molar-refractivity contribution < 1.29 is 13.9 Å². The lowest BCUT2D eigenvalue weighted by molar-refractivity contribution is 0.0208. The summed E-state index contributed by atoms with van der Waals surface area (Å²) in [5.41, 5.74) is 6.85. The molecular formula is C11H10F2N2OS. The highest BCUT2D eigenvalue weighted by atomic mass is 32.1. The maximum absolute atomic E-state index is 12.8. The van der Waals surface area contributed by atoms with Crippen molar-refractivity contribution in [3.05, 3.63) is 29.0 Å². The van der Waals surface area contributed by atoms with Gasteiger partial charge in [-0.3, -0.25) is 0 Å². The molecule has 6 heteroatoms. The van der Waals surface area contributed by atoms with Gasteiger partial charge in [0.2, 0.25) is 0 Å². The number of anilines is 1. The van der Waals surface area contributed by atoms with Crippen LogP contribution in [0.5, 0.6) is 0 Å². The Morgan fingerprint density at radius 1 is 1.53 bits per heavy atom. The number of alkyl halides is 2. The first-order valence-electron chi connectivity index (χ1n) is 4.81. The van der Waals surface area contributed by atoms with E-state index in [4.69, 9.17) is 5.73 Å². The van der Waals surface area contributed by atoms with Crippen LogP contribution >= 0.6 is 11.3 Å². The Labute approximate surface area is 100 Å². The molecule has 2 aromatic rings. The highest BCUT2D eigenvalue weighted by Crippen LogP contribution is 2.28. The molecule has 0 aliphatic carbocycles. The molecule has 90 valence electrons. The highest BCUT2D eigenvalue weighted by Gasteiger charge is 2.27. The number of nitrogens with zero attached hydrogens (tertiary/aromatic N) is 1. The fraction of sp³-hybridized carbons (Fsp3) is 0.182. The van der Waals surface area contributed by atoms with Crippen LogP contribution in [0.3, 0.4) is 0 Å². The van der Waals surface area contributed by atoms with Crippen LogP contribution in [0.1, 0.15) is 11.9 Å². The van der Waals surface area contributed by atoms with Crippen LogP contribution in [0.25, 0.3) is 16.3 Å². The van der Waals surface area contributed by atoms with Crippen LogP contribution in [-0.2, 0) is 0 Å². The Bertz CT molecular complexity index is 587. The van der Waals surface area contributed by atoms with Gasteiger partial charge in [0.15, 0.2) is 5.76 Å². The number of allylic oxidation sites excluding steroid dienone is 1. The third-order valence-electron chi connectivity index (χ3n) is 2.14. The van der Waals surface area contributed by atoms with E-state index in [0.717, 1.165) is 10.8 Å². The van der Waals surface area contributed by atoms with Crippen LogP contribution in [0.15, 0.2) is 24.0 Å². The molecule has 0 saturated heterocycles. The molecule has 3 nitrogen and oxygen atoms in total. The molecule has 0 spiro atoms. The summed E-state index contributed by atoms with van der Waals surface area (Å²) in [6.45, 7) is 0.629. The van der Waals surface area contributed by atoms with Crippen molar-refractivity contribution in [2.45, 2.75) is 12.8 Å². The number of nitrogens with two attached hydrogens (primary N) is 1. The first kappa shape index (κ1) is 11.8. The molecule has 0 fully saturated rings. The second-order valence-electron chi connectivity index (χ2n) is 3.70. The number of halogens is 2. The molecule has 0 atom stereocenters. The van der Waals surface area contributed by atoms with E-state index in [1.165, 1.54) is 11.3 Å². The maximum Gasteiger partial charge on any atom is 0.301 e. The number of aliphatic hydroxyl groups is 1. The van der Waals surface area contributed by atoms with Crippen LogP contribution in [0.4, 0.5) is 14.5 Å². The molecular weight excluding hydrogens is 246 g/mol. The van der Waals surface area contributed by atoms with Gasteiger partial charge < -0.3 is 10.8 Å². The fourth-order valence-electron chi connectivity index (χ4n) is 1.26. The standard InChI is InChI=1S/C11H10F2N2OS/c1-11(12,13)9(16)5-10-15-7-3-2-6(14)4-8(7)17-10/h2-5,16H,14H2,1H3/b9-5-. The minimum absolute atomic E-state index is 0.324. The molecule has 0 unspecified atom stereocenters. The van der Waals surface area contributed by atoms with Crippen LogP contribution in [-0.4, -0.2) is 16.0 Å². The Kier molecular flexibility index (Phi) is 2.74. The first-order chi connectivity index (χ1) is 7.86. The molecule has 0 saturated carbocycles. The van der Waals surface area contributed by atoms with Gasteiger partial charge in [0.1, 0.15) is 5.01 Å². The number of hydrogen-bond donors (Lipinski definition) is 2. The third-order valence-corrected chi connectivity index (χ3v) is 3.10. The van der Waals surface area contributed by atoms with Crippen molar-refractivity contribution in [2.24, 2.45) is 0 Å². The average Bonchev–Trinajstić information content (AvgIpc) is 2.57. The normalized spacial score (nSPS) is 13.2. The first-order valence-corrected chi connectivity index (χ1v) is 5.63. The van der Waals surface area contributed by atoms with Crippen LogP contribution in [0.2, 0.25) is 0 Å². The molecule has 0 aliphatic rings. The lowest BCUT2D eigenvalue weighted by Crippen LogP contribution is -2.12. The van der Waals surface area contributed by atoms with E-state index in [1.807, 2.05) is 0 Å². The second-order valence-corrected chi connectivity index (χ2v) is 4.76. The zero-order chi connectivity index (χ0) is 12.6. The lowest BCUT2D eigenvalue weighted by atomic mass is 10.3. The number of aliphatic hydroxyl groups excluding tert-OH is 1. The van der Waals surface area contributed by atoms with Gasteiger partial charge in [0, 0.05) is 18.7 Å². The molecule has 0 bridgehead atoms. The number of aromatic nitrogens is 1. The summed E-state index contributed by atoms with van der Waals surface area (Å²) in [4.78, 5) is 4.10. The zero-order valence-electron chi connectivity index (χ0n) is 8.95. The predicted molar refractivity (Wildman–Crippen MR) is 65.3 cm³/mol. The van der Waals surface area contributed by atoms with Crippen molar-refractivity contribution in [2.75, 3.05) is 5.73 Å². The van der Waals surface area contributed by atoms with E-state index in [2.05, 4.69) is 4.98 Å². The molecule has 1 aromatic carbocycles. The molecule has 1 heterocycles. The molecule has 17 heavy (non-hydrogen) atoms. The van der Waals surface area contributed by atoms with Crippen molar-refractivity contribution in [1.29, 1.82) is 0 Å². The van der Waals surface area contributed by atoms with E-state index >= 15 is 0 Å². The second kappa shape index (κ2) is 3.96. The maximum atomic E-state index is 12.8. The minimum Gasteiger partial charge on any atom is -0.506 e. The Hall–Kier alpha value is -1.69. The topological polar surface area (TPSA) is 59.1 Å². The number of fused-ring (bicyclic) bond motifs is 1. The van der Waals surface area contributed by atoms with Crippen LogP contribution in [0, 0.1) is 0 Å². The zero-order valence-corrected chi connectivity index (χ0v) is 9.76. The van der Waals surface area contributed by atoms with Crippen molar-refractivity contribution in [3.8, 4) is 0 Å². The number of thiazole rings is 1. The van der Waals surface area contributed by atoms with Gasteiger partial charge in [-0.15, -0.1) is 11.3 Å². The van der Waals surface area contributed by atoms with Gasteiger partial charge >= 0.3 is 5.92 Å². The smallest absolute Gasteiger partial charge is 0.301 e. The van der Waals surface area contributed by atoms with Gasteiger partial charge in [-0.1, -0.05) is 0 Å². The van der Waals surface area contributed by atoms with E-state index in [-0.39, 0.29) is 0 Å². The predicted octanol–water partition coefficient (Wildman–Crippen LogP) is 3.43. The SMILES string of the molecule is CC(F)(F)/C(O)=C/c1nc2ccc(N)cc2s1. The Balaban J connectivity index is 2.44. The summed E-state index contributed by atoms with van der Waals surface area (Å²) in [6.07, 6.45) is 0.973. The highest BCUT2D eigenvalue weighted by molar-refractivity contribution is 7.19. The van der Waals surface area contributed by atoms with Gasteiger partial charge in [0.05, 0.1) is 10.2 Å². The number of nitrogen functional groups attached to an aromatic ring is 1. The largest absolute Gasteiger partial charge is 0.506 e. The average molecular weight is 256 g/mol. The molecule has 3 N–H and O–H groups in total. The third kappa shape index (κ3) is 2.52. The van der Waals surface area contributed by atoms with Gasteiger partial charge in [-0.25, -0.2) is 4.98 Å². The Morgan fingerprint density at radius 2 is 2.24 bits per heavy atom. The number of benzene rings is 1. The summed E-state index contributed by atoms with van der Waals surface area (Å²) in [5, 5.41) is 9.50. The van der Waals surface area contributed by atoms with Crippen LogP contribution < -0.4 is 5.73 Å². The summed E-state index contributed by atoms with van der Waals surface area (Å²) in [7, 11) is 0. The van der Waals surface area contributed by atoms with Crippen molar-refractivity contribution >= 4 is 33.3 Å². The van der Waals surface area contributed by atoms with E-state index in [1.54, 1.807) is 18.2 Å². The molecule has 0 aliphatic heterocycles. The Morgan fingerprint density at radius 3 is 2.88 bits per heavy atom. The molecule has 1 aromatic heterocycles. The number of hydrogen-bond acceptors (Lipinski definition) is 4. The van der Waals surface area contributed by atoms with Crippen molar-refractivity contribution in [3.63, 3.8) is 0 Å².